The predicted octanol–water partition coefficient (Wildman–Crippen LogP) is 1.31. The summed E-state index contributed by atoms with van der Waals surface area (Å²) in [5.41, 5.74) is 6.50. The van der Waals surface area contributed by atoms with Crippen molar-refractivity contribution >= 4 is 5.95 Å². The lowest BCUT2D eigenvalue weighted by Crippen LogP contribution is -2.30. The van der Waals surface area contributed by atoms with Gasteiger partial charge in [0.15, 0.2) is 0 Å². The molecule has 0 saturated carbocycles. The number of rotatable bonds is 3. The average molecular weight is 206 g/mol. The van der Waals surface area contributed by atoms with E-state index in [0.29, 0.717) is 12.6 Å². The third-order valence-corrected chi connectivity index (χ3v) is 3.03. The van der Waals surface area contributed by atoms with E-state index in [2.05, 4.69) is 21.8 Å². The van der Waals surface area contributed by atoms with Gasteiger partial charge in [0.2, 0.25) is 5.95 Å². The summed E-state index contributed by atoms with van der Waals surface area (Å²) >= 11 is 0. The average Bonchev–Trinajstić information content (AvgIpc) is 2.77. The van der Waals surface area contributed by atoms with E-state index in [4.69, 9.17) is 5.73 Å². The zero-order valence-corrected chi connectivity index (χ0v) is 9.19. The summed E-state index contributed by atoms with van der Waals surface area (Å²) in [5, 5.41) is 0. The van der Waals surface area contributed by atoms with Crippen LogP contribution in [0.25, 0.3) is 0 Å². The van der Waals surface area contributed by atoms with Crippen LogP contribution in [0.5, 0.6) is 0 Å². The number of nitrogens with two attached hydrogens (primary N) is 1. The lowest BCUT2D eigenvalue weighted by molar-refractivity contribution is 0.634. The molecule has 15 heavy (non-hydrogen) atoms. The lowest BCUT2D eigenvalue weighted by atomic mass is 10.2. The Balaban J connectivity index is 2.14. The van der Waals surface area contributed by atoms with Gasteiger partial charge in [0.1, 0.15) is 0 Å². The minimum absolute atomic E-state index is 0.511. The first kappa shape index (κ1) is 10.4. The molecule has 1 aliphatic heterocycles. The molecule has 82 valence electrons. The molecule has 0 amide bonds. The van der Waals surface area contributed by atoms with Gasteiger partial charge >= 0.3 is 0 Å². The van der Waals surface area contributed by atoms with Crippen molar-refractivity contribution in [1.82, 2.24) is 9.97 Å². The van der Waals surface area contributed by atoms with Gasteiger partial charge in [-0.1, -0.05) is 6.92 Å². The van der Waals surface area contributed by atoms with Gasteiger partial charge in [-0.05, 0) is 19.3 Å². The maximum absolute atomic E-state index is 5.51. The molecule has 0 aliphatic carbocycles. The highest BCUT2D eigenvalue weighted by atomic mass is 15.3. The van der Waals surface area contributed by atoms with Crippen molar-refractivity contribution in [3.63, 3.8) is 0 Å². The number of nitrogens with zero attached hydrogens (tertiary/aromatic N) is 3. The molecule has 1 saturated heterocycles. The SMILES string of the molecule is CCC1CCCN1c1ncc(CN)cn1. The molecule has 1 aromatic heterocycles. The standard InChI is InChI=1S/C11H18N4/c1-2-10-4-3-5-15(10)11-13-7-9(6-12)8-14-11/h7-8,10H,2-6,12H2,1H3. The largest absolute Gasteiger partial charge is 0.338 e. The second kappa shape index (κ2) is 4.57. The Morgan fingerprint density at radius 3 is 2.80 bits per heavy atom. The minimum Gasteiger partial charge on any atom is -0.338 e. The van der Waals surface area contributed by atoms with Crippen LogP contribution < -0.4 is 10.6 Å². The van der Waals surface area contributed by atoms with Crippen LogP contribution in [0.15, 0.2) is 12.4 Å². The van der Waals surface area contributed by atoms with Crippen LogP contribution in [0.1, 0.15) is 31.7 Å². The van der Waals surface area contributed by atoms with Crippen LogP contribution in [0.2, 0.25) is 0 Å². The maximum atomic E-state index is 5.51. The fraction of sp³-hybridized carbons (Fsp3) is 0.636. The first-order valence-corrected chi connectivity index (χ1v) is 5.62. The molecule has 0 radical (unpaired) electrons. The van der Waals surface area contributed by atoms with Gasteiger partial charge in [-0.25, -0.2) is 9.97 Å². The second-order valence-electron chi connectivity index (χ2n) is 3.99. The molecule has 2 rings (SSSR count). The Bertz CT molecular complexity index is 309. The highest BCUT2D eigenvalue weighted by Gasteiger charge is 2.24. The normalized spacial score (nSPS) is 20.9. The number of aromatic nitrogens is 2. The molecule has 1 unspecified atom stereocenters. The van der Waals surface area contributed by atoms with Crippen LogP contribution in [-0.4, -0.2) is 22.6 Å². The van der Waals surface area contributed by atoms with E-state index in [0.717, 1.165) is 18.1 Å². The Hall–Kier alpha value is -1.16. The summed E-state index contributed by atoms with van der Waals surface area (Å²) < 4.78 is 0. The van der Waals surface area contributed by atoms with Crippen LogP contribution in [0.4, 0.5) is 5.95 Å². The fourth-order valence-corrected chi connectivity index (χ4v) is 2.13. The Labute approximate surface area is 90.5 Å². The van der Waals surface area contributed by atoms with Gasteiger partial charge in [-0.15, -0.1) is 0 Å². The van der Waals surface area contributed by atoms with Crippen molar-refractivity contribution in [1.29, 1.82) is 0 Å². The monoisotopic (exact) mass is 206 g/mol. The Kier molecular flexibility index (Phi) is 3.16. The van der Waals surface area contributed by atoms with Crippen LogP contribution in [0, 0.1) is 0 Å². The van der Waals surface area contributed by atoms with Crippen molar-refractivity contribution in [2.24, 2.45) is 5.73 Å². The molecule has 0 bridgehead atoms. The highest BCUT2D eigenvalue weighted by Crippen LogP contribution is 2.23. The van der Waals surface area contributed by atoms with Gasteiger partial charge < -0.3 is 10.6 Å². The van der Waals surface area contributed by atoms with Gasteiger partial charge in [0, 0.05) is 37.1 Å². The first-order valence-electron chi connectivity index (χ1n) is 5.62. The minimum atomic E-state index is 0.511. The molecular weight excluding hydrogens is 188 g/mol. The number of hydrogen-bond donors (Lipinski definition) is 1. The van der Waals surface area contributed by atoms with E-state index in [-0.39, 0.29) is 0 Å². The second-order valence-corrected chi connectivity index (χ2v) is 3.99. The summed E-state index contributed by atoms with van der Waals surface area (Å²) in [6, 6.07) is 0.619. The van der Waals surface area contributed by atoms with Gasteiger partial charge in [-0.3, -0.25) is 0 Å². The van der Waals surface area contributed by atoms with E-state index >= 15 is 0 Å². The quantitative estimate of drug-likeness (QED) is 0.810. The summed E-state index contributed by atoms with van der Waals surface area (Å²) in [4.78, 5) is 11.0. The molecule has 2 N–H and O–H groups in total. The van der Waals surface area contributed by atoms with Gasteiger partial charge in [0.25, 0.3) is 0 Å². The van der Waals surface area contributed by atoms with E-state index in [1.54, 1.807) is 0 Å². The molecule has 1 atom stereocenters. The molecule has 1 aliphatic rings. The smallest absolute Gasteiger partial charge is 0.225 e. The first-order chi connectivity index (χ1) is 7.35. The summed E-state index contributed by atoms with van der Waals surface area (Å²) in [7, 11) is 0. The fourth-order valence-electron chi connectivity index (χ4n) is 2.13. The van der Waals surface area contributed by atoms with Crippen molar-refractivity contribution in [3.05, 3.63) is 18.0 Å². The van der Waals surface area contributed by atoms with Crippen molar-refractivity contribution in [2.45, 2.75) is 38.8 Å². The Morgan fingerprint density at radius 2 is 2.20 bits per heavy atom. The lowest BCUT2D eigenvalue weighted by Gasteiger charge is -2.23. The topological polar surface area (TPSA) is 55.0 Å². The molecule has 1 fully saturated rings. The summed E-state index contributed by atoms with van der Waals surface area (Å²) in [6.45, 7) is 3.81. The zero-order valence-electron chi connectivity index (χ0n) is 9.19. The molecule has 2 heterocycles. The van der Waals surface area contributed by atoms with E-state index < -0.39 is 0 Å². The van der Waals surface area contributed by atoms with Gasteiger partial charge in [0.05, 0.1) is 0 Å². The molecule has 0 spiro atoms. The van der Waals surface area contributed by atoms with E-state index in [9.17, 15) is 0 Å². The molecule has 4 heteroatoms. The highest BCUT2D eigenvalue weighted by molar-refractivity contribution is 5.33. The van der Waals surface area contributed by atoms with Crippen molar-refractivity contribution in [2.75, 3.05) is 11.4 Å². The zero-order chi connectivity index (χ0) is 10.7. The third-order valence-electron chi connectivity index (χ3n) is 3.03. The van der Waals surface area contributed by atoms with E-state index in [1.165, 1.54) is 19.3 Å². The Morgan fingerprint density at radius 1 is 1.47 bits per heavy atom. The van der Waals surface area contributed by atoms with Crippen molar-refractivity contribution < 1.29 is 0 Å². The van der Waals surface area contributed by atoms with Gasteiger partial charge in [-0.2, -0.15) is 0 Å². The predicted molar refractivity (Wildman–Crippen MR) is 60.6 cm³/mol. The van der Waals surface area contributed by atoms with Crippen LogP contribution in [0.3, 0.4) is 0 Å². The molecular formula is C11H18N4. The molecule has 0 aromatic carbocycles. The molecule has 1 aromatic rings. The summed E-state index contributed by atoms with van der Waals surface area (Å²) in [6.07, 6.45) is 7.34. The van der Waals surface area contributed by atoms with Crippen molar-refractivity contribution in [3.8, 4) is 0 Å². The van der Waals surface area contributed by atoms with E-state index in [1.807, 2.05) is 12.4 Å². The molecule has 4 nitrogen and oxygen atoms in total. The van der Waals surface area contributed by atoms with Crippen LogP contribution in [-0.2, 0) is 6.54 Å². The number of anilines is 1. The van der Waals surface area contributed by atoms with Crippen LogP contribution >= 0.6 is 0 Å². The summed E-state index contributed by atoms with van der Waals surface area (Å²) in [5.74, 6) is 0.858. The third kappa shape index (κ3) is 2.09. The number of hydrogen-bond acceptors (Lipinski definition) is 4. The maximum Gasteiger partial charge on any atom is 0.225 e.